The zero-order valence-electron chi connectivity index (χ0n) is 14.5. The maximum absolute atomic E-state index is 4.86. The Morgan fingerprint density at radius 2 is 2.05 bits per heavy atom. The molecule has 122 valence electrons. The number of hydrogen-bond acceptors (Lipinski definition) is 2. The van der Waals surface area contributed by atoms with E-state index in [1.54, 1.807) is 0 Å². The molecule has 0 amide bonds. The van der Waals surface area contributed by atoms with Gasteiger partial charge in [-0.15, -0.1) is 0 Å². The van der Waals surface area contributed by atoms with Crippen LogP contribution in [0.25, 0.3) is 0 Å². The summed E-state index contributed by atoms with van der Waals surface area (Å²) in [6, 6.07) is 0.800. The van der Waals surface area contributed by atoms with Crippen molar-refractivity contribution in [2.75, 3.05) is 39.8 Å². The van der Waals surface area contributed by atoms with Crippen molar-refractivity contribution in [2.24, 2.45) is 10.4 Å². The van der Waals surface area contributed by atoms with Crippen LogP contribution in [0.2, 0.25) is 0 Å². The Morgan fingerprint density at radius 3 is 2.62 bits per heavy atom. The molecule has 4 heteroatoms. The Labute approximate surface area is 131 Å². The van der Waals surface area contributed by atoms with Crippen LogP contribution in [0.4, 0.5) is 0 Å². The lowest BCUT2D eigenvalue weighted by atomic mass is 9.93. The third-order valence-corrected chi connectivity index (χ3v) is 4.97. The van der Waals surface area contributed by atoms with Crippen LogP contribution >= 0.6 is 0 Å². The summed E-state index contributed by atoms with van der Waals surface area (Å²) in [5, 5.41) is 3.46. The van der Waals surface area contributed by atoms with Gasteiger partial charge >= 0.3 is 0 Å². The van der Waals surface area contributed by atoms with Gasteiger partial charge in [0.05, 0.1) is 6.54 Å². The molecule has 0 aromatic carbocycles. The molecular formula is C17H34N4. The topological polar surface area (TPSA) is 30.9 Å². The molecule has 1 aliphatic heterocycles. The fourth-order valence-corrected chi connectivity index (χ4v) is 3.56. The van der Waals surface area contributed by atoms with Crippen LogP contribution in [-0.4, -0.2) is 61.6 Å². The van der Waals surface area contributed by atoms with E-state index in [1.165, 1.54) is 32.1 Å². The van der Waals surface area contributed by atoms with Crippen molar-refractivity contribution >= 4 is 5.96 Å². The second-order valence-electron chi connectivity index (χ2n) is 7.49. The Hall–Kier alpha value is -0.770. The van der Waals surface area contributed by atoms with E-state index in [-0.39, 0.29) is 0 Å². The Bertz CT molecular complexity index is 345. The van der Waals surface area contributed by atoms with Gasteiger partial charge in [-0.2, -0.15) is 0 Å². The highest BCUT2D eigenvalue weighted by Crippen LogP contribution is 2.28. The average molecular weight is 294 g/mol. The highest BCUT2D eigenvalue weighted by Gasteiger charge is 2.30. The van der Waals surface area contributed by atoms with Crippen molar-refractivity contribution in [2.45, 2.75) is 58.9 Å². The lowest BCUT2D eigenvalue weighted by Gasteiger charge is -2.25. The monoisotopic (exact) mass is 294 g/mol. The Morgan fingerprint density at radius 1 is 1.33 bits per heavy atom. The third kappa shape index (κ3) is 4.87. The van der Waals surface area contributed by atoms with Crippen LogP contribution in [0.15, 0.2) is 4.99 Å². The summed E-state index contributed by atoms with van der Waals surface area (Å²) in [6.45, 7) is 12.1. The molecule has 0 aromatic heterocycles. The first kappa shape index (κ1) is 16.6. The second-order valence-corrected chi connectivity index (χ2v) is 7.49. The predicted octanol–water partition coefficient (Wildman–Crippen LogP) is 2.56. The minimum Gasteiger partial charge on any atom is -0.357 e. The van der Waals surface area contributed by atoms with Crippen molar-refractivity contribution in [1.82, 2.24) is 15.1 Å². The average Bonchev–Trinajstić information content (AvgIpc) is 3.07. The van der Waals surface area contributed by atoms with Crippen molar-refractivity contribution in [3.8, 4) is 0 Å². The summed E-state index contributed by atoms with van der Waals surface area (Å²) in [7, 11) is 2.26. The summed E-state index contributed by atoms with van der Waals surface area (Å²) >= 11 is 0. The SMILES string of the molecule is CCNC(=NCCN(C)C1CCCC1)N1CCC(C)(C)C1. The molecule has 0 aromatic rings. The van der Waals surface area contributed by atoms with E-state index in [0.717, 1.165) is 44.7 Å². The van der Waals surface area contributed by atoms with E-state index in [0.29, 0.717) is 5.41 Å². The van der Waals surface area contributed by atoms with E-state index in [1.807, 2.05) is 0 Å². The van der Waals surface area contributed by atoms with Crippen LogP contribution < -0.4 is 5.32 Å². The molecule has 2 aliphatic rings. The Kier molecular flexibility index (Phi) is 5.91. The number of rotatable bonds is 5. The van der Waals surface area contributed by atoms with Gasteiger partial charge < -0.3 is 15.1 Å². The molecule has 0 spiro atoms. The second kappa shape index (κ2) is 7.48. The maximum Gasteiger partial charge on any atom is 0.193 e. The van der Waals surface area contributed by atoms with Crippen molar-refractivity contribution < 1.29 is 0 Å². The standard InChI is InChI=1S/C17H34N4/c1-5-18-16(21-12-10-17(2,3)14-21)19-11-13-20(4)15-8-6-7-9-15/h15H,5-14H2,1-4H3,(H,18,19). The molecule has 0 radical (unpaired) electrons. The van der Waals surface area contributed by atoms with Gasteiger partial charge in [-0.1, -0.05) is 26.7 Å². The normalized spacial score (nSPS) is 23.3. The number of nitrogens with one attached hydrogen (secondary N) is 1. The zero-order chi connectivity index (χ0) is 15.3. The summed E-state index contributed by atoms with van der Waals surface area (Å²) in [5.41, 5.74) is 0.427. The number of guanidine groups is 1. The van der Waals surface area contributed by atoms with Crippen molar-refractivity contribution in [3.05, 3.63) is 0 Å². The summed E-state index contributed by atoms with van der Waals surface area (Å²) in [5.74, 6) is 1.11. The quantitative estimate of drug-likeness (QED) is 0.624. The molecule has 4 nitrogen and oxygen atoms in total. The van der Waals surface area contributed by atoms with Crippen LogP contribution in [0.1, 0.15) is 52.9 Å². The van der Waals surface area contributed by atoms with Gasteiger partial charge in [0, 0.05) is 32.2 Å². The molecule has 1 saturated carbocycles. The van der Waals surface area contributed by atoms with E-state index in [9.17, 15) is 0 Å². The van der Waals surface area contributed by atoms with E-state index < -0.39 is 0 Å². The summed E-state index contributed by atoms with van der Waals surface area (Å²) in [6.07, 6.45) is 6.83. The molecule has 2 rings (SSSR count). The number of aliphatic imine (C=N–C) groups is 1. The van der Waals surface area contributed by atoms with Gasteiger partial charge in [-0.3, -0.25) is 4.99 Å². The van der Waals surface area contributed by atoms with Gasteiger partial charge in [-0.25, -0.2) is 0 Å². The molecular weight excluding hydrogens is 260 g/mol. The summed E-state index contributed by atoms with van der Waals surface area (Å²) < 4.78 is 0. The first-order valence-electron chi connectivity index (χ1n) is 8.75. The molecule has 0 atom stereocenters. The van der Waals surface area contributed by atoms with Crippen LogP contribution in [0, 0.1) is 5.41 Å². The van der Waals surface area contributed by atoms with E-state index in [2.05, 4.69) is 42.9 Å². The number of hydrogen-bond donors (Lipinski definition) is 1. The minimum atomic E-state index is 0.427. The third-order valence-electron chi connectivity index (χ3n) is 4.97. The smallest absolute Gasteiger partial charge is 0.193 e. The van der Waals surface area contributed by atoms with Gasteiger partial charge in [0.1, 0.15) is 0 Å². The molecule has 1 aliphatic carbocycles. The molecule has 2 fully saturated rings. The van der Waals surface area contributed by atoms with Gasteiger partial charge in [0.25, 0.3) is 0 Å². The molecule has 1 saturated heterocycles. The molecule has 21 heavy (non-hydrogen) atoms. The van der Waals surface area contributed by atoms with E-state index >= 15 is 0 Å². The molecule has 1 N–H and O–H groups in total. The number of likely N-dealkylation sites (N-methyl/N-ethyl adjacent to an activating group) is 1. The van der Waals surface area contributed by atoms with Gasteiger partial charge in [0.2, 0.25) is 0 Å². The maximum atomic E-state index is 4.86. The zero-order valence-corrected chi connectivity index (χ0v) is 14.5. The molecule has 0 unspecified atom stereocenters. The van der Waals surface area contributed by atoms with Gasteiger partial charge in [0.15, 0.2) is 5.96 Å². The van der Waals surface area contributed by atoms with Crippen LogP contribution in [0.5, 0.6) is 0 Å². The Balaban J connectivity index is 1.83. The first-order valence-corrected chi connectivity index (χ1v) is 8.75. The first-order chi connectivity index (χ1) is 10.0. The summed E-state index contributed by atoms with van der Waals surface area (Å²) in [4.78, 5) is 9.80. The molecule has 0 bridgehead atoms. The minimum absolute atomic E-state index is 0.427. The van der Waals surface area contributed by atoms with E-state index in [4.69, 9.17) is 4.99 Å². The fourth-order valence-electron chi connectivity index (χ4n) is 3.56. The van der Waals surface area contributed by atoms with Gasteiger partial charge in [-0.05, 0) is 38.6 Å². The highest BCUT2D eigenvalue weighted by atomic mass is 15.3. The van der Waals surface area contributed by atoms with Crippen molar-refractivity contribution in [1.29, 1.82) is 0 Å². The largest absolute Gasteiger partial charge is 0.357 e. The molecule has 1 heterocycles. The lowest BCUT2D eigenvalue weighted by Crippen LogP contribution is -2.41. The highest BCUT2D eigenvalue weighted by molar-refractivity contribution is 5.80. The number of likely N-dealkylation sites (tertiary alicyclic amines) is 1. The lowest BCUT2D eigenvalue weighted by molar-refractivity contribution is 0.252. The number of nitrogens with zero attached hydrogens (tertiary/aromatic N) is 3. The van der Waals surface area contributed by atoms with Crippen molar-refractivity contribution in [3.63, 3.8) is 0 Å². The predicted molar refractivity (Wildman–Crippen MR) is 90.8 cm³/mol. The van der Waals surface area contributed by atoms with Crippen LogP contribution in [-0.2, 0) is 0 Å². The van der Waals surface area contributed by atoms with Crippen LogP contribution in [0.3, 0.4) is 0 Å². The fraction of sp³-hybridized carbons (Fsp3) is 0.941.